The molecule has 1 rings (SSSR count). The van der Waals surface area contributed by atoms with Crippen LogP contribution < -0.4 is 0 Å². The van der Waals surface area contributed by atoms with Crippen molar-refractivity contribution in [2.75, 3.05) is 0 Å². The second-order valence-corrected chi connectivity index (χ2v) is 3.10. The predicted octanol–water partition coefficient (Wildman–Crippen LogP) is 4.78. The average molecular weight is 261 g/mol. The summed E-state index contributed by atoms with van der Waals surface area (Å²) >= 11 is 11.1. The van der Waals surface area contributed by atoms with E-state index >= 15 is 0 Å². The highest BCUT2D eigenvalue weighted by Gasteiger charge is 2.20. The number of hydrogen-bond acceptors (Lipinski definition) is 1. The van der Waals surface area contributed by atoms with Crippen molar-refractivity contribution in [3.8, 4) is 0 Å². The fraction of sp³-hybridized carbons (Fsp3) is 0. The molecular formula is C6H3BCl2F4N2. The number of halogens is 6. The van der Waals surface area contributed by atoms with E-state index in [1.54, 1.807) is 6.07 Å². The molecule has 82 valence electrons. The van der Waals surface area contributed by atoms with Crippen LogP contribution in [0.5, 0.6) is 0 Å². The number of diazo groups is 1. The molecule has 0 fully saturated rings. The van der Waals surface area contributed by atoms with Crippen molar-refractivity contribution in [3.05, 3.63) is 33.2 Å². The summed E-state index contributed by atoms with van der Waals surface area (Å²) in [6, 6.07) is 4.58. The quantitative estimate of drug-likeness (QED) is 0.375. The topological polar surface area (TPSA) is 28.1 Å². The molecule has 15 heavy (non-hydrogen) atoms. The van der Waals surface area contributed by atoms with Gasteiger partial charge >= 0.3 is 12.9 Å². The molecule has 0 unspecified atom stereocenters. The summed E-state index contributed by atoms with van der Waals surface area (Å²) < 4.78 is 39.0. The maximum atomic E-state index is 9.75. The van der Waals surface area contributed by atoms with Gasteiger partial charge in [-0.25, -0.2) is 0 Å². The average Bonchev–Trinajstić information content (AvgIpc) is 1.99. The van der Waals surface area contributed by atoms with E-state index in [1.165, 1.54) is 12.1 Å². The smallest absolute Gasteiger partial charge is 0.418 e. The van der Waals surface area contributed by atoms with Crippen molar-refractivity contribution in [3.63, 3.8) is 0 Å². The minimum atomic E-state index is -6.00. The van der Waals surface area contributed by atoms with Crippen LogP contribution in [0.4, 0.5) is 23.0 Å². The van der Waals surface area contributed by atoms with Crippen molar-refractivity contribution < 1.29 is 17.3 Å². The molecule has 0 radical (unpaired) electrons. The molecule has 0 heterocycles. The number of benzene rings is 1. The van der Waals surface area contributed by atoms with Gasteiger partial charge in [0.05, 0.1) is 22.2 Å². The highest BCUT2D eigenvalue weighted by molar-refractivity contribution is 6.50. The largest absolute Gasteiger partial charge is 0.673 e. The first kappa shape index (κ1) is 14.0. The molecule has 0 saturated heterocycles. The van der Waals surface area contributed by atoms with Crippen LogP contribution in [0.15, 0.2) is 18.2 Å². The molecule has 2 nitrogen and oxygen atoms in total. The Hall–Kier alpha value is -0.995. The first-order chi connectivity index (χ1) is 6.72. The molecule has 0 aliphatic rings. The Bertz CT molecular complexity index is 350. The first-order valence-corrected chi connectivity index (χ1v) is 4.16. The SMILES string of the molecule is F[B-](F)(F)F.N#[N+]c1cc(Cl)cc(Cl)c1. The maximum Gasteiger partial charge on any atom is 0.673 e. The maximum absolute atomic E-state index is 9.75. The fourth-order valence-corrected chi connectivity index (χ4v) is 1.11. The van der Waals surface area contributed by atoms with Crippen LogP contribution >= 0.6 is 23.2 Å². The molecule has 0 atom stereocenters. The van der Waals surface area contributed by atoms with Gasteiger partial charge in [-0.05, 0) is 6.07 Å². The van der Waals surface area contributed by atoms with Gasteiger partial charge in [-0.2, -0.15) is 0 Å². The first-order valence-electron chi connectivity index (χ1n) is 3.41. The Morgan fingerprint density at radius 3 is 1.60 bits per heavy atom. The highest BCUT2D eigenvalue weighted by Crippen LogP contribution is 2.23. The molecular weight excluding hydrogens is 258 g/mol. The van der Waals surface area contributed by atoms with E-state index in [4.69, 9.17) is 28.6 Å². The van der Waals surface area contributed by atoms with E-state index in [0.717, 1.165) is 0 Å². The van der Waals surface area contributed by atoms with Gasteiger partial charge in [-0.15, -0.1) is 0 Å². The molecule has 0 saturated carbocycles. The zero-order chi connectivity index (χ0) is 12.1. The Kier molecular flexibility index (Phi) is 5.40. The molecule has 1 aromatic carbocycles. The Labute approximate surface area is 92.5 Å². The van der Waals surface area contributed by atoms with Crippen molar-refractivity contribution in [2.45, 2.75) is 0 Å². The van der Waals surface area contributed by atoms with Gasteiger partial charge in [0.15, 0.2) is 4.98 Å². The Morgan fingerprint density at radius 2 is 1.33 bits per heavy atom. The van der Waals surface area contributed by atoms with Gasteiger partial charge in [0.2, 0.25) is 5.39 Å². The molecule has 0 bridgehead atoms. The van der Waals surface area contributed by atoms with Crippen LogP contribution in [0.1, 0.15) is 0 Å². The van der Waals surface area contributed by atoms with Gasteiger partial charge in [0.1, 0.15) is 0 Å². The minimum absolute atomic E-state index is 0.359. The van der Waals surface area contributed by atoms with Gasteiger partial charge < -0.3 is 17.3 Å². The number of hydrogen-bond donors (Lipinski definition) is 0. The third kappa shape index (κ3) is 9.31. The normalized spacial score (nSPS) is 9.93. The second kappa shape index (κ2) is 5.78. The summed E-state index contributed by atoms with van der Waals surface area (Å²) in [4.78, 5) is 2.92. The highest BCUT2D eigenvalue weighted by atomic mass is 35.5. The number of rotatable bonds is 0. The lowest BCUT2D eigenvalue weighted by molar-refractivity contribution is 0.368. The Balaban J connectivity index is 0.000000336. The molecule has 0 spiro atoms. The predicted molar refractivity (Wildman–Crippen MR) is 51.4 cm³/mol. The van der Waals surface area contributed by atoms with E-state index in [0.29, 0.717) is 15.7 Å². The van der Waals surface area contributed by atoms with Crippen LogP contribution in [0.3, 0.4) is 0 Å². The van der Waals surface area contributed by atoms with Gasteiger partial charge in [0.25, 0.3) is 0 Å². The van der Waals surface area contributed by atoms with Crippen molar-refractivity contribution in [1.82, 2.24) is 0 Å². The van der Waals surface area contributed by atoms with Crippen molar-refractivity contribution in [2.24, 2.45) is 0 Å². The monoisotopic (exact) mass is 260 g/mol. The fourth-order valence-electron chi connectivity index (χ4n) is 0.597. The lowest BCUT2D eigenvalue weighted by Gasteiger charge is -1.94. The molecule has 0 amide bonds. The van der Waals surface area contributed by atoms with Crippen molar-refractivity contribution >= 4 is 36.1 Å². The second-order valence-electron chi connectivity index (χ2n) is 2.22. The standard InChI is InChI=1S/C6H3Cl2N2.BF4/c7-4-1-5(8)3-6(2-4)10-9;2-1(3,4)5/h1-3H;/q+1;-1. The zero-order valence-electron chi connectivity index (χ0n) is 6.97. The van der Waals surface area contributed by atoms with Gasteiger partial charge in [0, 0.05) is 0 Å². The zero-order valence-corrected chi connectivity index (χ0v) is 8.48. The minimum Gasteiger partial charge on any atom is -0.418 e. The van der Waals surface area contributed by atoms with E-state index in [9.17, 15) is 17.3 Å². The van der Waals surface area contributed by atoms with Crippen molar-refractivity contribution in [1.29, 1.82) is 5.39 Å². The summed E-state index contributed by atoms with van der Waals surface area (Å²) in [7, 11) is -6.00. The Morgan fingerprint density at radius 1 is 1.00 bits per heavy atom. The summed E-state index contributed by atoms with van der Waals surface area (Å²) in [6.07, 6.45) is 0. The molecule has 0 aliphatic carbocycles. The summed E-state index contributed by atoms with van der Waals surface area (Å²) in [5, 5.41) is 9.21. The molecule has 0 aliphatic heterocycles. The molecule has 0 N–H and O–H groups in total. The summed E-state index contributed by atoms with van der Waals surface area (Å²) in [5.41, 5.74) is 0.359. The van der Waals surface area contributed by atoms with E-state index in [1.807, 2.05) is 0 Å². The van der Waals surface area contributed by atoms with E-state index in [-0.39, 0.29) is 0 Å². The van der Waals surface area contributed by atoms with Crippen LogP contribution in [0.2, 0.25) is 10.0 Å². The van der Waals surface area contributed by atoms with Crippen LogP contribution in [-0.2, 0) is 0 Å². The van der Waals surface area contributed by atoms with Gasteiger partial charge in [-0.3, -0.25) is 0 Å². The summed E-state index contributed by atoms with van der Waals surface area (Å²) in [5.74, 6) is 0. The molecule has 1 aromatic rings. The molecule has 9 heteroatoms. The third-order valence-corrected chi connectivity index (χ3v) is 1.40. The number of nitrogens with zero attached hydrogens (tertiary/aromatic N) is 2. The van der Waals surface area contributed by atoms with Gasteiger partial charge in [-0.1, -0.05) is 23.2 Å². The third-order valence-electron chi connectivity index (χ3n) is 0.963. The molecule has 0 aromatic heterocycles. The van der Waals surface area contributed by atoms with Crippen LogP contribution in [0, 0.1) is 5.39 Å². The van der Waals surface area contributed by atoms with E-state index < -0.39 is 7.25 Å². The van der Waals surface area contributed by atoms with E-state index in [2.05, 4.69) is 4.98 Å². The lowest BCUT2D eigenvalue weighted by Crippen LogP contribution is -2.02. The summed E-state index contributed by atoms with van der Waals surface area (Å²) in [6.45, 7) is 0. The van der Waals surface area contributed by atoms with Crippen LogP contribution in [-0.4, -0.2) is 7.25 Å². The van der Waals surface area contributed by atoms with Crippen LogP contribution in [0.25, 0.3) is 4.98 Å². The lowest BCUT2D eigenvalue weighted by atomic mass is 10.3.